The van der Waals surface area contributed by atoms with Crippen LogP contribution in [0.25, 0.3) is 0 Å². The van der Waals surface area contributed by atoms with E-state index in [0.29, 0.717) is 5.75 Å². The van der Waals surface area contributed by atoms with Gasteiger partial charge in [-0.2, -0.15) is 0 Å². The maximum absolute atomic E-state index is 11.5. The summed E-state index contributed by atoms with van der Waals surface area (Å²) in [6.07, 6.45) is 1.72. The van der Waals surface area contributed by atoms with Gasteiger partial charge in [0, 0.05) is 22.8 Å². The van der Waals surface area contributed by atoms with Crippen molar-refractivity contribution in [2.24, 2.45) is 0 Å². The molecule has 1 heterocycles. The van der Waals surface area contributed by atoms with Crippen molar-refractivity contribution in [3.8, 4) is 0 Å². The molecule has 1 aliphatic heterocycles. The Morgan fingerprint density at radius 3 is 2.20 bits per heavy atom. The van der Waals surface area contributed by atoms with Gasteiger partial charge < -0.3 is 9.31 Å². The van der Waals surface area contributed by atoms with E-state index in [9.17, 15) is 4.21 Å². The standard InChI is InChI=1S/C15H23BO3S/c1-11-12(10-20(6)17)8-7-9-13(11)16-18-14(2,3)15(4,5)19-16/h7-9H,10H2,1-6H3. The Kier molecular flexibility index (Phi) is 4.16. The van der Waals surface area contributed by atoms with Crippen LogP contribution in [0.5, 0.6) is 0 Å². The monoisotopic (exact) mass is 294 g/mol. The zero-order valence-electron chi connectivity index (χ0n) is 13.1. The van der Waals surface area contributed by atoms with E-state index in [2.05, 4.69) is 0 Å². The van der Waals surface area contributed by atoms with E-state index in [1.807, 2.05) is 52.8 Å². The van der Waals surface area contributed by atoms with Crippen LogP contribution >= 0.6 is 0 Å². The van der Waals surface area contributed by atoms with Gasteiger partial charge in [-0.05, 0) is 51.2 Å². The number of hydrogen-bond acceptors (Lipinski definition) is 3. The molecule has 0 N–H and O–H groups in total. The lowest BCUT2D eigenvalue weighted by Crippen LogP contribution is -2.41. The largest absolute Gasteiger partial charge is 0.495 e. The molecule has 0 spiro atoms. The predicted molar refractivity (Wildman–Crippen MR) is 84.7 cm³/mol. The third-order valence-corrected chi connectivity index (χ3v) is 5.07. The molecule has 0 saturated carbocycles. The first kappa shape index (κ1) is 15.7. The fraction of sp³-hybridized carbons (Fsp3) is 0.600. The minimum Gasteiger partial charge on any atom is -0.399 e. The SMILES string of the molecule is Cc1c(CS(C)=O)cccc1B1OC(C)(C)C(C)(C)O1. The average Bonchev–Trinajstić information content (AvgIpc) is 2.50. The molecule has 1 aromatic carbocycles. The molecular weight excluding hydrogens is 271 g/mol. The second-order valence-electron chi connectivity index (χ2n) is 6.44. The van der Waals surface area contributed by atoms with E-state index in [1.54, 1.807) is 6.26 Å². The molecule has 5 heteroatoms. The molecule has 1 atom stereocenters. The van der Waals surface area contributed by atoms with Crippen molar-refractivity contribution < 1.29 is 13.5 Å². The zero-order valence-corrected chi connectivity index (χ0v) is 14.0. The molecule has 3 nitrogen and oxygen atoms in total. The maximum Gasteiger partial charge on any atom is 0.495 e. The Bertz CT molecular complexity index is 524. The Morgan fingerprint density at radius 2 is 1.70 bits per heavy atom. The Labute approximate surface area is 124 Å². The predicted octanol–water partition coefficient (Wildman–Crippen LogP) is 2.17. The summed E-state index contributed by atoms with van der Waals surface area (Å²) in [6.45, 7) is 10.2. The van der Waals surface area contributed by atoms with Crippen molar-refractivity contribution in [1.29, 1.82) is 0 Å². The molecule has 0 amide bonds. The first-order chi connectivity index (χ1) is 9.14. The molecule has 110 valence electrons. The Morgan fingerprint density at radius 1 is 1.15 bits per heavy atom. The maximum atomic E-state index is 11.5. The fourth-order valence-corrected chi connectivity index (χ4v) is 3.05. The van der Waals surface area contributed by atoms with E-state index < -0.39 is 10.8 Å². The van der Waals surface area contributed by atoms with Crippen molar-refractivity contribution >= 4 is 23.4 Å². The second-order valence-corrected chi connectivity index (χ2v) is 7.87. The van der Waals surface area contributed by atoms with Crippen molar-refractivity contribution in [2.45, 2.75) is 51.6 Å². The summed E-state index contributed by atoms with van der Waals surface area (Å²) in [5, 5.41) is 0. The lowest BCUT2D eigenvalue weighted by atomic mass is 9.75. The molecule has 1 saturated heterocycles. The van der Waals surface area contributed by atoms with Gasteiger partial charge in [-0.3, -0.25) is 4.21 Å². The van der Waals surface area contributed by atoms with Crippen molar-refractivity contribution in [2.75, 3.05) is 6.26 Å². The minimum absolute atomic E-state index is 0.340. The number of hydrogen-bond donors (Lipinski definition) is 0. The lowest BCUT2D eigenvalue weighted by Gasteiger charge is -2.32. The highest BCUT2D eigenvalue weighted by molar-refractivity contribution is 7.83. The van der Waals surface area contributed by atoms with Gasteiger partial charge in [0.25, 0.3) is 0 Å². The highest BCUT2D eigenvalue weighted by atomic mass is 32.2. The van der Waals surface area contributed by atoms with Crippen LogP contribution in [0.15, 0.2) is 18.2 Å². The van der Waals surface area contributed by atoms with Crippen LogP contribution in [0, 0.1) is 6.92 Å². The number of rotatable bonds is 3. The summed E-state index contributed by atoms with van der Waals surface area (Å²) in [6, 6.07) is 6.03. The first-order valence-electron chi connectivity index (χ1n) is 6.88. The van der Waals surface area contributed by atoms with Crippen LogP contribution < -0.4 is 5.46 Å². The topological polar surface area (TPSA) is 35.5 Å². The van der Waals surface area contributed by atoms with Gasteiger partial charge in [0.2, 0.25) is 0 Å². The fourth-order valence-electron chi connectivity index (χ4n) is 2.30. The van der Waals surface area contributed by atoms with E-state index in [4.69, 9.17) is 9.31 Å². The van der Waals surface area contributed by atoms with Crippen LogP contribution in [-0.4, -0.2) is 28.8 Å². The van der Waals surface area contributed by atoms with Gasteiger partial charge in [-0.15, -0.1) is 0 Å². The molecule has 1 aliphatic rings. The molecule has 20 heavy (non-hydrogen) atoms. The summed E-state index contributed by atoms with van der Waals surface area (Å²) in [7, 11) is -1.21. The van der Waals surface area contributed by atoms with Crippen LogP contribution in [-0.2, 0) is 25.9 Å². The molecule has 0 radical (unpaired) electrons. The van der Waals surface area contributed by atoms with Crippen molar-refractivity contribution in [3.05, 3.63) is 29.3 Å². The molecule has 1 fully saturated rings. The van der Waals surface area contributed by atoms with Gasteiger partial charge in [0.15, 0.2) is 0 Å². The lowest BCUT2D eigenvalue weighted by molar-refractivity contribution is 0.00578. The molecular formula is C15H23BO3S. The molecule has 0 aromatic heterocycles. The highest BCUT2D eigenvalue weighted by Crippen LogP contribution is 2.36. The summed E-state index contributed by atoms with van der Waals surface area (Å²) < 4.78 is 23.6. The van der Waals surface area contributed by atoms with Crippen molar-refractivity contribution in [1.82, 2.24) is 0 Å². The molecule has 0 aliphatic carbocycles. The van der Waals surface area contributed by atoms with Crippen LogP contribution in [0.3, 0.4) is 0 Å². The van der Waals surface area contributed by atoms with Gasteiger partial charge in [0.1, 0.15) is 0 Å². The Balaban J connectivity index is 2.34. The van der Waals surface area contributed by atoms with E-state index in [0.717, 1.165) is 16.6 Å². The van der Waals surface area contributed by atoms with Gasteiger partial charge in [0.05, 0.1) is 11.2 Å². The molecule has 1 unspecified atom stereocenters. The summed E-state index contributed by atoms with van der Waals surface area (Å²) in [4.78, 5) is 0. The van der Waals surface area contributed by atoms with E-state index >= 15 is 0 Å². The normalized spacial score (nSPS) is 22.0. The minimum atomic E-state index is -0.849. The smallest absolute Gasteiger partial charge is 0.399 e. The highest BCUT2D eigenvalue weighted by Gasteiger charge is 2.52. The van der Waals surface area contributed by atoms with E-state index in [-0.39, 0.29) is 18.3 Å². The number of benzene rings is 1. The summed E-state index contributed by atoms with van der Waals surface area (Å²) in [5.41, 5.74) is 2.56. The van der Waals surface area contributed by atoms with Crippen LogP contribution in [0.1, 0.15) is 38.8 Å². The second kappa shape index (κ2) is 5.28. The van der Waals surface area contributed by atoms with Gasteiger partial charge in [-0.25, -0.2) is 0 Å². The summed E-state index contributed by atoms with van der Waals surface area (Å²) in [5.74, 6) is 0.569. The molecule has 1 aromatic rings. The summed E-state index contributed by atoms with van der Waals surface area (Å²) >= 11 is 0. The quantitative estimate of drug-likeness (QED) is 0.802. The Hall–Kier alpha value is -0.645. The molecule has 0 bridgehead atoms. The third kappa shape index (κ3) is 2.85. The first-order valence-corrected chi connectivity index (χ1v) is 8.61. The van der Waals surface area contributed by atoms with Gasteiger partial charge in [-0.1, -0.05) is 18.2 Å². The average molecular weight is 294 g/mol. The van der Waals surface area contributed by atoms with Crippen LogP contribution in [0.4, 0.5) is 0 Å². The third-order valence-electron chi connectivity index (χ3n) is 4.35. The molecule has 2 rings (SSSR count). The van der Waals surface area contributed by atoms with Crippen molar-refractivity contribution in [3.63, 3.8) is 0 Å². The van der Waals surface area contributed by atoms with Crippen LogP contribution in [0.2, 0.25) is 0 Å². The zero-order chi connectivity index (χ0) is 15.1. The van der Waals surface area contributed by atoms with Gasteiger partial charge >= 0.3 is 7.12 Å². The van der Waals surface area contributed by atoms with E-state index in [1.165, 1.54) is 0 Å².